The highest BCUT2D eigenvalue weighted by Gasteiger charge is 2.48. The third kappa shape index (κ3) is 2.31. The predicted octanol–water partition coefficient (Wildman–Crippen LogP) is 0.638. The fourth-order valence-corrected chi connectivity index (χ4v) is 3.56. The van der Waals surface area contributed by atoms with Gasteiger partial charge in [0, 0.05) is 31.5 Å². The molecule has 0 radical (unpaired) electrons. The van der Waals surface area contributed by atoms with Crippen molar-refractivity contribution in [3.05, 3.63) is 30.1 Å². The first-order valence-corrected chi connectivity index (χ1v) is 7.35. The molecule has 2 saturated heterocycles. The average molecular weight is 274 g/mol. The quantitative estimate of drug-likeness (QED) is 0.831. The summed E-state index contributed by atoms with van der Waals surface area (Å²) in [6.07, 6.45) is 6.65. The molecule has 3 heterocycles. The Labute approximate surface area is 119 Å². The van der Waals surface area contributed by atoms with Crippen molar-refractivity contribution in [2.45, 2.75) is 30.8 Å². The molecule has 3 rings (SSSR count). The first-order valence-electron chi connectivity index (χ1n) is 7.35. The molecule has 2 N–H and O–H groups in total. The maximum Gasteiger partial charge on any atom is 0.253 e. The highest BCUT2D eigenvalue weighted by Crippen LogP contribution is 2.34. The molecule has 0 aromatic carbocycles. The second-order valence-corrected chi connectivity index (χ2v) is 5.86. The van der Waals surface area contributed by atoms with Crippen LogP contribution in [0.3, 0.4) is 0 Å². The summed E-state index contributed by atoms with van der Waals surface area (Å²) in [6.45, 7) is 3.08. The molecule has 2 aliphatic heterocycles. The van der Waals surface area contributed by atoms with E-state index in [0.717, 1.165) is 32.5 Å². The van der Waals surface area contributed by atoms with Gasteiger partial charge in [0.05, 0.1) is 11.1 Å². The smallest absolute Gasteiger partial charge is 0.253 e. The van der Waals surface area contributed by atoms with Crippen LogP contribution in [0.5, 0.6) is 0 Å². The van der Waals surface area contributed by atoms with Crippen LogP contribution in [0.4, 0.5) is 0 Å². The topological polar surface area (TPSA) is 57.3 Å². The molecule has 0 saturated carbocycles. The molecule has 2 unspecified atom stereocenters. The van der Waals surface area contributed by atoms with Crippen molar-refractivity contribution in [2.24, 2.45) is 0 Å². The van der Waals surface area contributed by atoms with Crippen LogP contribution in [0.25, 0.3) is 0 Å². The van der Waals surface area contributed by atoms with E-state index in [1.54, 1.807) is 18.5 Å². The van der Waals surface area contributed by atoms with Crippen molar-refractivity contribution in [1.82, 2.24) is 20.5 Å². The lowest BCUT2D eigenvalue weighted by Crippen LogP contribution is -2.62. The van der Waals surface area contributed by atoms with Gasteiger partial charge in [-0.1, -0.05) is 0 Å². The van der Waals surface area contributed by atoms with Gasteiger partial charge in [0.2, 0.25) is 0 Å². The molecule has 108 valence electrons. The number of pyridine rings is 1. The summed E-state index contributed by atoms with van der Waals surface area (Å²) in [5.74, 6) is -0.0108. The summed E-state index contributed by atoms with van der Waals surface area (Å²) in [7, 11) is 2.17. The summed E-state index contributed by atoms with van der Waals surface area (Å²) in [6, 6.07) is 3.83. The van der Waals surface area contributed by atoms with Crippen LogP contribution in [0.2, 0.25) is 0 Å². The average Bonchev–Trinajstić information content (AvgIpc) is 2.78. The molecule has 20 heavy (non-hydrogen) atoms. The van der Waals surface area contributed by atoms with Gasteiger partial charge in [-0.15, -0.1) is 0 Å². The molecule has 2 fully saturated rings. The minimum Gasteiger partial charge on any atom is -0.347 e. The second kappa shape index (κ2) is 5.50. The standard InChI is InChI=1S/C15H22N4O/c1-19-9-5-13(15(19)6-3-8-17-11-15)18-14(20)12-4-2-7-16-10-12/h2,4,7,10,13,17H,3,5-6,8-9,11H2,1H3,(H,18,20). The maximum absolute atomic E-state index is 12.3. The molecule has 5 heteroatoms. The Kier molecular flexibility index (Phi) is 3.72. The Morgan fingerprint density at radius 3 is 3.20 bits per heavy atom. The molecular weight excluding hydrogens is 252 g/mol. The first kappa shape index (κ1) is 13.5. The maximum atomic E-state index is 12.3. The zero-order valence-electron chi connectivity index (χ0n) is 11.9. The van der Waals surface area contributed by atoms with E-state index in [0.29, 0.717) is 5.56 Å². The number of amides is 1. The van der Waals surface area contributed by atoms with Gasteiger partial charge in [-0.3, -0.25) is 14.7 Å². The van der Waals surface area contributed by atoms with Gasteiger partial charge in [0.15, 0.2) is 0 Å². The molecule has 2 atom stereocenters. The molecule has 1 aromatic rings. The van der Waals surface area contributed by atoms with Crippen molar-refractivity contribution in [3.8, 4) is 0 Å². The number of rotatable bonds is 2. The van der Waals surface area contributed by atoms with E-state index in [1.807, 2.05) is 6.07 Å². The van der Waals surface area contributed by atoms with E-state index in [9.17, 15) is 4.79 Å². The highest BCUT2D eigenvalue weighted by atomic mass is 16.1. The van der Waals surface area contributed by atoms with Gasteiger partial charge >= 0.3 is 0 Å². The summed E-state index contributed by atoms with van der Waals surface area (Å²) < 4.78 is 0. The van der Waals surface area contributed by atoms with Crippen molar-refractivity contribution >= 4 is 5.91 Å². The number of carbonyl (C=O) groups is 1. The molecule has 2 aliphatic rings. The number of nitrogens with zero attached hydrogens (tertiary/aromatic N) is 2. The Balaban J connectivity index is 1.74. The Morgan fingerprint density at radius 1 is 1.60 bits per heavy atom. The number of hydrogen-bond acceptors (Lipinski definition) is 4. The van der Waals surface area contributed by atoms with Gasteiger partial charge in [-0.2, -0.15) is 0 Å². The summed E-state index contributed by atoms with van der Waals surface area (Å²) in [4.78, 5) is 18.8. The van der Waals surface area contributed by atoms with Crippen molar-refractivity contribution in [1.29, 1.82) is 0 Å². The SMILES string of the molecule is CN1CCC(NC(=O)c2cccnc2)C12CCCNC2. The molecule has 1 spiro atoms. The Morgan fingerprint density at radius 2 is 2.50 bits per heavy atom. The third-order valence-corrected chi connectivity index (χ3v) is 4.79. The molecule has 1 aromatic heterocycles. The molecule has 0 aliphatic carbocycles. The number of aromatic nitrogens is 1. The van der Waals surface area contributed by atoms with Crippen molar-refractivity contribution < 1.29 is 4.79 Å². The van der Waals surface area contributed by atoms with E-state index in [4.69, 9.17) is 0 Å². The lowest BCUT2D eigenvalue weighted by Gasteiger charge is -2.44. The zero-order valence-corrected chi connectivity index (χ0v) is 11.9. The monoisotopic (exact) mass is 274 g/mol. The minimum absolute atomic E-state index is 0.0108. The van der Waals surface area contributed by atoms with Crippen LogP contribution in [-0.2, 0) is 0 Å². The van der Waals surface area contributed by atoms with Crippen molar-refractivity contribution in [2.75, 3.05) is 26.7 Å². The number of likely N-dealkylation sites (tertiary alicyclic amines) is 1. The van der Waals surface area contributed by atoms with Gasteiger partial charge in [0.25, 0.3) is 5.91 Å². The number of carbonyl (C=O) groups excluding carboxylic acids is 1. The highest BCUT2D eigenvalue weighted by molar-refractivity contribution is 5.94. The number of hydrogen-bond donors (Lipinski definition) is 2. The summed E-state index contributed by atoms with van der Waals surface area (Å²) in [5.41, 5.74) is 0.719. The van der Waals surface area contributed by atoms with E-state index in [2.05, 4.69) is 27.6 Å². The molecule has 5 nitrogen and oxygen atoms in total. The fourth-order valence-electron chi connectivity index (χ4n) is 3.56. The van der Waals surface area contributed by atoms with Crippen LogP contribution >= 0.6 is 0 Å². The van der Waals surface area contributed by atoms with Crippen molar-refractivity contribution in [3.63, 3.8) is 0 Å². The summed E-state index contributed by atoms with van der Waals surface area (Å²) >= 11 is 0. The van der Waals surface area contributed by atoms with Gasteiger partial charge in [0.1, 0.15) is 0 Å². The van der Waals surface area contributed by atoms with Crippen LogP contribution in [0.15, 0.2) is 24.5 Å². The van der Waals surface area contributed by atoms with Gasteiger partial charge in [-0.05, 0) is 45.0 Å². The van der Waals surface area contributed by atoms with E-state index >= 15 is 0 Å². The van der Waals surface area contributed by atoms with Crippen LogP contribution < -0.4 is 10.6 Å². The van der Waals surface area contributed by atoms with Gasteiger partial charge in [-0.25, -0.2) is 0 Å². The van der Waals surface area contributed by atoms with Crippen LogP contribution in [-0.4, -0.2) is 54.1 Å². The third-order valence-electron chi connectivity index (χ3n) is 4.79. The predicted molar refractivity (Wildman–Crippen MR) is 77.6 cm³/mol. The Bertz CT molecular complexity index is 470. The number of likely N-dealkylation sites (N-methyl/N-ethyl adjacent to an activating group) is 1. The fraction of sp³-hybridized carbons (Fsp3) is 0.600. The normalized spacial score (nSPS) is 30.6. The van der Waals surface area contributed by atoms with E-state index < -0.39 is 0 Å². The summed E-state index contributed by atoms with van der Waals surface area (Å²) in [5, 5.41) is 6.71. The molecule has 1 amide bonds. The second-order valence-electron chi connectivity index (χ2n) is 5.86. The van der Waals surface area contributed by atoms with E-state index in [-0.39, 0.29) is 17.5 Å². The molecule has 0 bridgehead atoms. The lowest BCUT2D eigenvalue weighted by atomic mass is 9.83. The minimum atomic E-state index is -0.0108. The van der Waals surface area contributed by atoms with E-state index in [1.165, 1.54) is 6.42 Å². The van der Waals surface area contributed by atoms with Crippen LogP contribution in [0.1, 0.15) is 29.6 Å². The number of piperidine rings is 1. The van der Waals surface area contributed by atoms with Gasteiger partial charge < -0.3 is 10.6 Å². The largest absolute Gasteiger partial charge is 0.347 e. The first-order chi connectivity index (χ1) is 9.72. The van der Waals surface area contributed by atoms with Crippen LogP contribution in [0, 0.1) is 0 Å². The Hall–Kier alpha value is -1.46. The molecular formula is C15H22N4O. The lowest BCUT2D eigenvalue weighted by molar-refractivity contribution is 0.0812. The number of nitrogens with one attached hydrogen (secondary N) is 2. The zero-order chi connectivity index (χ0) is 14.0.